The standard InChI is InChI=1S/2C24H12/c2*1-2-14-5-6-16-9-11-18-12-10-17-8-7-15-4-3-13(1)19-20(14)22(16)24(18)23(17)21(15)19/h2*1-12H. The smallest absolute Gasteiger partial charge is 0.00139 e. The van der Waals surface area contributed by atoms with Gasteiger partial charge in [0.2, 0.25) is 0 Å². The van der Waals surface area contributed by atoms with Gasteiger partial charge < -0.3 is 0 Å². The molecule has 48 heavy (non-hydrogen) atoms. The molecule has 0 N–H and O–H groups in total. The first-order chi connectivity index (χ1) is 23.8. The lowest BCUT2D eigenvalue weighted by Gasteiger charge is -2.20. The van der Waals surface area contributed by atoms with Gasteiger partial charge in [-0.15, -0.1) is 0 Å². The topological polar surface area (TPSA) is 0 Å². The van der Waals surface area contributed by atoms with Gasteiger partial charge in [-0.1, -0.05) is 146 Å². The van der Waals surface area contributed by atoms with Gasteiger partial charge in [0, 0.05) is 0 Å². The fourth-order valence-corrected chi connectivity index (χ4v) is 9.79. The van der Waals surface area contributed by atoms with E-state index in [-0.39, 0.29) is 0 Å². The van der Waals surface area contributed by atoms with Crippen LogP contribution in [-0.2, 0) is 0 Å². The van der Waals surface area contributed by atoms with Gasteiger partial charge in [0.1, 0.15) is 0 Å². The first-order valence-electron chi connectivity index (χ1n) is 16.9. The molecule has 0 aliphatic heterocycles. The summed E-state index contributed by atoms with van der Waals surface area (Å²) in [5, 5.41) is 33.4. The van der Waals surface area contributed by atoms with Crippen LogP contribution in [0.4, 0.5) is 0 Å². The minimum absolute atomic E-state index is 1.35. The van der Waals surface area contributed by atoms with Gasteiger partial charge >= 0.3 is 0 Å². The van der Waals surface area contributed by atoms with Crippen molar-refractivity contribution in [3.8, 4) is 0 Å². The van der Waals surface area contributed by atoms with Gasteiger partial charge in [-0.2, -0.15) is 0 Å². The number of rotatable bonds is 0. The molecular formula is C48H24. The van der Waals surface area contributed by atoms with E-state index in [1.165, 1.54) is 129 Å². The van der Waals surface area contributed by atoms with Crippen molar-refractivity contribution in [1.82, 2.24) is 0 Å². The third-order valence-corrected chi connectivity index (χ3v) is 11.8. The molecule has 0 nitrogen and oxygen atoms in total. The van der Waals surface area contributed by atoms with Crippen LogP contribution >= 0.6 is 0 Å². The Hall–Kier alpha value is -6.24. The Balaban J connectivity index is 0.000000107. The highest BCUT2D eigenvalue weighted by molar-refractivity contribution is 6.46. The molecule has 0 aromatic heterocycles. The van der Waals surface area contributed by atoms with E-state index < -0.39 is 0 Å². The molecule has 0 spiro atoms. The molecule has 0 radical (unpaired) electrons. The van der Waals surface area contributed by atoms with Crippen LogP contribution in [0.25, 0.3) is 129 Å². The molecule has 14 rings (SSSR count). The Morgan fingerprint density at radius 3 is 0.229 bits per heavy atom. The summed E-state index contributed by atoms with van der Waals surface area (Å²) < 4.78 is 0. The van der Waals surface area contributed by atoms with Crippen molar-refractivity contribution in [3.05, 3.63) is 146 Å². The van der Waals surface area contributed by atoms with E-state index in [2.05, 4.69) is 146 Å². The Morgan fingerprint density at radius 1 is 0.104 bits per heavy atom. The third-order valence-electron chi connectivity index (χ3n) is 11.8. The van der Waals surface area contributed by atoms with Crippen molar-refractivity contribution < 1.29 is 0 Å². The summed E-state index contributed by atoms with van der Waals surface area (Å²) in [7, 11) is 0. The Morgan fingerprint density at radius 2 is 0.167 bits per heavy atom. The highest BCUT2D eigenvalue weighted by Gasteiger charge is 2.21. The zero-order valence-corrected chi connectivity index (χ0v) is 25.9. The van der Waals surface area contributed by atoms with Gasteiger partial charge in [0.25, 0.3) is 0 Å². The molecule has 0 aliphatic rings. The number of benzene rings is 14. The molecule has 0 saturated heterocycles. The molecule has 0 saturated carbocycles. The summed E-state index contributed by atoms with van der Waals surface area (Å²) in [4.78, 5) is 0. The third kappa shape index (κ3) is 2.66. The summed E-state index contributed by atoms with van der Waals surface area (Å²) in [5.41, 5.74) is 0. The van der Waals surface area contributed by atoms with Crippen molar-refractivity contribution >= 4 is 129 Å². The van der Waals surface area contributed by atoms with Gasteiger partial charge in [-0.05, 0) is 129 Å². The van der Waals surface area contributed by atoms with Crippen molar-refractivity contribution in [2.75, 3.05) is 0 Å². The average Bonchev–Trinajstić information content (AvgIpc) is 3.15. The van der Waals surface area contributed by atoms with Crippen molar-refractivity contribution in [1.29, 1.82) is 0 Å². The van der Waals surface area contributed by atoms with E-state index >= 15 is 0 Å². The van der Waals surface area contributed by atoms with Crippen molar-refractivity contribution in [2.45, 2.75) is 0 Å². The Bertz CT molecular complexity index is 2520. The molecule has 0 unspecified atom stereocenters. The van der Waals surface area contributed by atoms with Gasteiger partial charge in [-0.25, -0.2) is 0 Å². The first kappa shape index (κ1) is 24.0. The molecule has 0 atom stereocenters. The molecule has 0 bridgehead atoms. The summed E-state index contributed by atoms with van der Waals surface area (Å²) in [6, 6.07) is 54.6. The van der Waals surface area contributed by atoms with E-state index in [1.807, 2.05) is 0 Å². The predicted octanol–water partition coefficient (Wildman–Crippen LogP) is 13.8. The Labute approximate surface area is 274 Å². The number of hydrogen-bond donors (Lipinski definition) is 0. The molecule has 216 valence electrons. The fraction of sp³-hybridized carbons (Fsp3) is 0. The highest BCUT2D eigenvalue weighted by atomic mass is 14.2. The zero-order valence-electron chi connectivity index (χ0n) is 25.9. The second kappa shape index (κ2) is 8.00. The minimum atomic E-state index is 1.35. The lowest BCUT2D eigenvalue weighted by molar-refractivity contribution is 1.80. The second-order valence-electron chi connectivity index (χ2n) is 14.0. The van der Waals surface area contributed by atoms with Crippen LogP contribution in [0.3, 0.4) is 0 Å². The largest absolute Gasteiger partial charge is 0.0537 e. The van der Waals surface area contributed by atoms with E-state index in [1.54, 1.807) is 0 Å². The molecule has 14 aromatic rings. The normalized spacial score (nSPS) is 13.0. The highest BCUT2D eigenvalue weighted by Crippen LogP contribution is 2.49. The van der Waals surface area contributed by atoms with Crippen molar-refractivity contribution in [2.24, 2.45) is 0 Å². The molecule has 0 heteroatoms. The van der Waals surface area contributed by atoms with E-state index in [4.69, 9.17) is 0 Å². The monoisotopic (exact) mass is 600 g/mol. The quantitative estimate of drug-likeness (QED) is 0.120. The van der Waals surface area contributed by atoms with Crippen LogP contribution in [0, 0.1) is 0 Å². The SMILES string of the molecule is c1cc2ccc3ccc4ccc5ccc6ccc1c1c2c3c4c5c61.c1cc2ccc3ccc4ccc5ccc6ccc1c1c2c3c4c5c61. The van der Waals surface area contributed by atoms with Crippen LogP contribution in [0.1, 0.15) is 0 Å². The van der Waals surface area contributed by atoms with Gasteiger partial charge in [0.15, 0.2) is 0 Å². The summed E-state index contributed by atoms with van der Waals surface area (Å²) in [6.07, 6.45) is 0. The molecule has 14 aromatic carbocycles. The maximum atomic E-state index is 2.27. The summed E-state index contributed by atoms with van der Waals surface area (Å²) in [6.45, 7) is 0. The van der Waals surface area contributed by atoms with Crippen LogP contribution in [0.15, 0.2) is 146 Å². The fourth-order valence-electron chi connectivity index (χ4n) is 9.79. The predicted molar refractivity (Wildman–Crippen MR) is 210 cm³/mol. The zero-order chi connectivity index (χ0) is 30.8. The van der Waals surface area contributed by atoms with E-state index in [0.717, 1.165) is 0 Å². The first-order valence-corrected chi connectivity index (χ1v) is 16.9. The molecule has 0 fully saturated rings. The maximum absolute atomic E-state index is 2.27. The summed E-state index contributed by atoms with van der Waals surface area (Å²) in [5.74, 6) is 0. The van der Waals surface area contributed by atoms with Crippen molar-refractivity contribution in [3.63, 3.8) is 0 Å². The van der Waals surface area contributed by atoms with Crippen LogP contribution in [0.2, 0.25) is 0 Å². The minimum Gasteiger partial charge on any atom is -0.0537 e. The van der Waals surface area contributed by atoms with E-state index in [9.17, 15) is 0 Å². The number of hydrogen-bond acceptors (Lipinski definition) is 0. The van der Waals surface area contributed by atoms with Gasteiger partial charge in [-0.3, -0.25) is 0 Å². The molecule has 0 aliphatic carbocycles. The Kier molecular flexibility index (Phi) is 4.00. The molecule has 0 heterocycles. The van der Waals surface area contributed by atoms with Gasteiger partial charge in [0.05, 0.1) is 0 Å². The lowest BCUT2D eigenvalue weighted by atomic mass is 9.83. The molecule has 0 amide bonds. The average molecular weight is 601 g/mol. The second-order valence-corrected chi connectivity index (χ2v) is 14.0. The molecular weight excluding hydrogens is 577 g/mol. The van der Waals surface area contributed by atoms with E-state index in [0.29, 0.717) is 0 Å². The van der Waals surface area contributed by atoms with Crippen LogP contribution in [-0.4, -0.2) is 0 Å². The maximum Gasteiger partial charge on any atom is -0.00139 e. The van der Waals surface area contributed by atoms with Crippen LogP contribution in [0.5, 0.6) is 0 Å². The van der Waals surface area contributed by atoms with Crippen LogP contribution < -0.4 is 0 Å². The lowest BCUT2D eigenvalue weighted by Crippen LogP contribution is -1.91. The summed E-state index contributed by atoms with van der Waals surface area (Å²) >= 11 is 0.